The minimum atomic E-state index is -0.871. The lowest BCUT2D eigenvalue weighted by atomic mass is 10.3. The average Bonchev–Trinajstić information content (AvgIpc) is 2.84. The van der Waals surface area contributed by atoms with Crippen LogP contribution in [0.5, 0.6) is 0 Å². The highest BCUT2D eigenvalue weighted by atomic mass is 32.2. The molecule has 5 nitrogen and oxygen atoms in total. The Labute approximate surface area is 99.9 Å². The average molecular weight is 255 g/mol. The zero-order valence-corrected chi connectivity index (χ0v) is 10.1. The second-order valence-electron chi connectivity index (χ2n) is 3.08. The predicted octanol–water partition coefficient (Wildman–Crippen LogP) is 2.17. The highest BCUT2D eigenvalue weighted by Gasteiger charge is 2.11. The second-order valence-corrected chi connectivity index (χ2v) is 5.30. The lowest BCUT2D eigenvalue weighted by Crippen LogP contribution is -1.90. The summed E-state index contributed by atoms with van der Waals surface area (Å²) in [5.41, 5.74) is 1.03. The van der Waals surface area contributed by atoms with Gasteiger partial charge in [-0.05, 0) is 18.6 Å². The van der Waals surface area contributed by atoms with Crippen molar-refractivity contribution in [3.63, 3.8) is 0 Å². The molecule has 16 heavy (non-hydrogen) atoms. The zero-order chi connectivity index (χ0) is 11.5. The van der Waals surface area contributed by atoms with Crippen molar-refractivity contribution in [1.29, 1.82) is 0 Å². The molecule has 2 heterocycles. The molecular formula is C9H9N3O2S2. The van der Waals surface area contributed by atoms with Gasteiger partial charge in [-0.25, -0.2) is 9.78 Å². The Morgan fingerprint density at radius 3 is 3.06 bits per heavy atom. The van der Waals surface area contributed by atoms with E-state index < -0.39 is 5.97 Å². The van der Waals surface area contributed by atoms with E-state index >= 15 is 0 Å². The highest BCUT2D eigenvalue weighted by Crippen LogP contribution is 2.27. The number of aromatic carboxylic acids is 1. The van der Waals surface area contributed by atoms with E-state index in [2.05, 4.69) is 15.2 Å². The van der Waals surface area contributed by atoms with Crippen molar-refractivity contribution in [2.45, 2.75) is 17.8 Å². The van der Waals surface area contributed by atoms with E-state index in [-0.39, 0.29) is 0 Å². The first-order valence-corrected chi connectivity index (χ1v) is 6.28. The van der Waals surface area contributed by atoms with Crippen LogP contribution in [0.15, 0.2) is 17.6 Å². The summed E-state index contributed by atoms with van der Waals surface area (Å²) in [4.78, 5) is 16.2. The van der Waals surface area contributed by atoms with E-state index in [9.17, 15) is 4.79 Å². The standard InChI is InChI=1S/C9H9N3O2S2/c1-5-6(2-7(16-5)8(13)14)3-15-9-10-4-11-12-9/h2,4H,3H2,1H3,(H,13,14)(H,10,11,12). The maximum atomic E-state index is 10.8. The number of thioether (sulfide) groups is 1. The van der Waals surface area contributed by atoms with Crippen molar-refractivity contribution >= 4 is 29.1 Å². The molecule has 0 spiro atoms. The van der Waals surface area contributed by atoms with Crippen LogP contribution in [0.1, 0.15) is 20.1 Å². The van der Waals surface area contributed by atoms with Crippen molar-refractivity contribution in [2.24, 2.45) is 0 Å². The molecule has 2 aromatic rings. The molecule has 0 amide bonds. The molecule has 0 saturated carbocycles. The number of hydrogen-bond acceptors (Lipinski definition) is 5. The summed E-state index contributed by atoms with van der Waals surface area (Å²) in [7, 11) is 0. The molecule has 84 valence electrons. The number of thiophene rings is 1. The monoisotopic (exact) mass is 255 g/mol. The van der Waals surface area contributed by atoms with Crippen LogP contribution >= 0.6 is 23.1 Å². The quantitative estimate of drug-likeness (QED) is 0.818. The first-order chi connectivity index (χ1) is 7.66. The SMILES string of the molecule is Cc1sc(C(=O)O)cc1CSc1ncn[nH]1. The van der Waals surface area contributed by atoms with Crippen LogP contribution in [0.2, 0.25) is 0 Å². The molecule has 0 bridgehead atoms. The van der Waals surface area contributed by atoms with Gasteiger partial charge < -0.3 is 5.11 Å². The van der Waals surface area contributed by atoms with Crippen molar-refractivity contribution < 1.29 is 9.90 Å². The summed E-state index contributed by atoms with van der Waals surface area (Å²) >= 11 is 2.80. The smallest absolute Gasteiger partial charge is 0.345 e. The van der Waals surface area contributed by atoms with Crippen molar-refractivity contribution in [3.05, 3.63) is 27.7 Å². The lowest BCUT2D eigenvalue weighted by molar-refractivity contribution is 0.0702. The molecule has 0 aliphatic carbocycles. The van der Waals surface area contributed by atoms with E-state index in [0.29, 0.717) is 10.6 Å². The number of rotatable bonds is 4. The zero-order valence-electron chi connectivity index (χ0n) is 8.43. The lowest BCUT2D eigenvalue weighted by Gasteiger charge is -1.95. The van der Waals surface area contributed by atoms with Gasteiger partial charge in [0.15, 0.2) is 5.16 Å². The summed E-state index contributed by atoms with van der Waals surface area (Å²) in [5, 5.41) is 16.1. The van der Waals surface area contributed by atoms with Gasteiger partial charge in [-0.2, -0.15) is 5.10 Å². The molecule has 2 aromatic heterocycles. The number of aromatic nitrogens is 3. The number of aromatic amines is 1. The van der Waals surface area contributed by atoms with Crippen LogP contribution in [0.25, 0.3) is 0 Å². The summed E-state index contributed by atoms with van der Waals surface area (Å²) in [6, 6.07) is 1.71. The van der Waals surface area contributed by atoms with Crippen molar-refractivity contribution in [1.82, 2.24) is 15.2 Å². The van der Waals surface area contributed by atoms with Crippen molar-refractivity contribution in [3.8, 4) is 0 Å². The number of nitrogens with zero attached hydrogens (tertiary/aromatic N) is 2. The minimum absolute atomic E-state index is 0.380. The van der Waals surface area contributed by atoms with Crippen LogP contribution in [0.4, 0.5) is 0 Å². The van der Waals surface area contributed by atoms with Gasteiger partial charge in [0.1, 0.15) is 11.2 Å². The van der Waals surface area contributed by atoms with E-state index in [0.717, 1.165) is 15.6 Å². The van der Waals surface area contributed by atoms with Gasteiger partial charge in [0.05, 0.1) is 0 Å². The van der Waals surface area contributed by atoms with E-state index in [4.69, 9.17) is 5.11 Å². The fourth-order valence-electron chi connectivity index (χ4n) is 1.18. The Morgan fingerprint density at radius 1 is 1.69 bits per heavy atom. The van der Waals surface area contributed by atoms with Gasteiger partial charge in [-0.15, -0.1) is 11.3 Å². The van der Waals surface area contributed by atoms with E-state index in [1.165, 1.54) is 29.4 Å². The topological polar surface area (TPSA) is 78.9 Å². The molecule has 0 unspecified atom stereocenters. The Balaban J connectivity index is 2.07. The molecule has 0 aliphatic rings. The predicted molar refractivity (Wildman–Crippen MR) is 62.0 cm³/mol. The molecule has 0 aromatic carbocycles. The number of aryl methyl sites for hydroxylation is 1. The van der Waals surface area contributed by atoms with Crippen LogP contribution in [-0.4, -0.2) is 26.3 Å². The molecule has 2 rings (SSSR count). The van der Waals surface area contributed by atoms with Crippen LogP contribution < -0.4 is 0 Å². The number of H-pyrrole nitrogens is 1. The van der Waals surface area contributed by atoms with Crippen LogP contribution in [-0.2, 0) is 5.75 Å². The van der Waals surface area contributed by atoms with Gasteiger partial charge in [0.2, 0.25) is 0 Å². The van der Waals surface area contributed by atoms with Crippen LogP contribution in [0.3, 0.4) is 0 Å². The Morgan fingerprint density at radius 2 is 2.50 bits per heavy atom. The summed E-state index contributed by atoms with van der Waals surface area (Å²) in [6.07, 6.45) is 1.45. The summed E-state index contributed by atoms with van der Waals surface area (Å²) in [6.45, 7) is 1.92. The van der Waals surface area contributed by atoms with Crippen molar-refractivity contribution in [2.75, 3.05) is 0 Å². The number of carbonyl (C=O) groups is 1. The Bertz CT molecular complexity index is 493. The molecular weight excluding hydrogens is 246 g/mol. The number of nitrogens with one attached hydrogen (secondary N) is 1. The normalized spacial score (nSPS) is 10.6. The fourth-order valence-corrected chi connectivity index (χ4v) is 2.98. The molecule has 2 N–H and O–H groups in total. The van der Waals surface area contributed by atoms with Gasteiger partial charge in [0, 0.05) is 10.6 Å². The number of carboxylic acid groups (broad SMARTS) is 1. The maximum absolute atomic E-state index is 10.8. The minimum Gasteiger partial charge on any atom is -0.477 e. The fraction of sp³-hybridized carbons (Fsp3) is 0.222. The molecule has 0 fully saturated rings. The second kappa shape index (κ2) is 4.67. The third kappa shape index (κ3) is 2.42. The molecule has 0 saturated heterocycles. The largest absolute Gasteiger partial charge is 0.477 e. The van der Waals surface area contributed by atoms with E-state index in [1.54, 1.807) is 6.07 Å². The maximum Gasteiger partial charge on any atom is 0.345 e. The Hall–Kier alpha value is -1.34. The highest BCUT2D eigenvalue weighted by molar-refractivity contribution is 7.98. The molecule has 7 heteroatoms. The van der Waals surface area contributed by atoms with Gasteiger partial charge in [0.25, 0.3) is 0 Å². The first kappa shape index (κ1) is 11.2. The summed E-state index contributed by atoms with van der Waals surface area (Å²) in [5.74, 6) is -0.172. The molecule has 0 aliphatic heterocycles. The summed E-state index contributed by atoms with van der Waals surface area (Å²) < 4.78 is 0. The Kier molecular flexibility index (Phi) is 3.25. The molecule has 0 atom stereocenters. The van der Waals surface area contributed by atoms with E-state index in [1.807, 2.05) is 6.92 Å². The van der Waals surface area contributed by atoms with Gasteiger partial charge in [-0.3, -0.25) is 5.10 Å². The first-order valence-electron chi connectivity index (χ1n) is 4.47. The van der Waals surface area contributed by atoms with Crippen LogP contribution in [0, 0.1) is 6.92 Å². The third-order valence-corrected chi connectivity index (χ3v) is 3.99. The molecule has 0 radical (unpaired) electrons. The number of hydrogen-bond donors (Lipinski definition) is 2. The third-order valence-electron chi connectivity index (χ3n) is 1.99. The number of carboxylic acids is 1. The van der Waals surface area contributed by atoms with Gasteiger partial charge in [-0.1, -0.05) is 11.8 Å². The van der Waals surface area contributed by atoms with Gasteiger partial charge >= 0.3 is 5.97 Å².